The van der Waals surface area contributed by atoms with Gasteiger partial charge in [-0.05, 0) is 37.1 Å². The van der Waals surface area contributed by atoms with Crippen molar-refractivity contribution < 1.29 is 14.3 Å². The molecule has 1 amide bonds. The molecule has 0 aliphatic carbocycles. The van der Waals surface area contributed by atoms with Crippen LogP contribution in [-0.2, 0) is 9.59 Å². The zero-order chi connectivity index (χ0) is 12.3. The van der Waals surface area contributed by atoms with Crippen LogP contribution in [-0.4, -0.2) is 26.4 Å². The van der Waals surface area contributed by atoms with E-state index in [9.17, 15) is 9.59 Å². The van der Waals surface area contributed by atoms with Gasteiger partial charge in [0.05, 0.1) is 7.11 Å². The van der Waals surface area contributed by atoms with Crippen LogP contribution in [0.5, 0.6) is 5.75 Å². The third-order valence-corrected chi connectivity index (χ3v) is 2.51. The predicted octanol–water partition coefficient (Wildman–Crippen LogP) is 1.47. The second-order valence-electron chi connectivity index (χ2n) is 3.62. The quantitative estimate of drug-likeness (QED) is 0.573. The molecule has 4 heteroatoms. The summed E-state index contributed by atoms with van der Waals surface area (Å²) in [5, 5.41) is 0. The Balaban J connectivity index is 3.20. The molecule has 0 aromatic heterocycles. The van der Waals surface area contributed by atoms with Gasteiger partial charge in [-0.15, -0.1) is 0 Å². The molecule has 0 fully saturated rings. The lowest BCUT2D eigenvalue weighted by atomic mass is 10.1. The third kappa shape index (κ3) is 2.21. The number of aldehydes is 1. The molecule has 0 heterocycles. The normalized spacial score (nSPS) is 9.75. The molecule has 0 radical (unpaired) electrons. The number of aryl methyl sites for hydroxylation is 2. The highest BCUT2D eigenvalue weighted by Gasteiger charge is 2.13. The van der Waals surface area contributed by atoms with Crippen LogP contribution in [0.4, 0.5) is 5.69 Å². The summed E-state index contributed by atoms with van der Waals surface area (Å²) in [6, 6.07) is 3.68. The molecule has 1 rings (SSSR count). The van der Waals surface area contributed by atoms with E-state index in [2.05, 4.69) is 0 Å². The van der Waals surface area contributed by atoms with E-state index in [1.807, 2.05) is 26.0 Å². The van der Waals surface area contributed by atoms with E-state index >= 15 is 0 Å². The average Bonchev–Trinajstić information content (AvgIpc) is 2.29. The summed E-state index contributed by atoms with van der Waals surface area (Å²) in [7, 11) is 3.17. The van der Waals surface area contributed by atoms with Crippen molar-refractivity contribution in [3.63, 3.8) is 0 Å². The van der Waals surface area contributed by atoms with Crippen LogP contribution in [0.3, 0.4) is 0 Å². The standard InChI is InChI=1S/C12H15NO3/c1-8-6-11(16-4)9(2)5-10(8)13(3)12(15)7-14/h5-7H,1-4H3. The molecule has 0 spiro atoms. The summed E-state index contributed by atoms with van der Waals surface area (Å²) in [6.45, 7) is 3.76. The van der Waals surface area contributed by atoms with Crippen LogP contribution in [0.15, 0.2) is 12.1 Å². The van der Waals surface area contributed by atoms with Crippen molar-refractivity contribution in [1.82, 2.24) is 0 Å². The molecule has 86 valence electrons. The Morgan fingerprint density at radius 2 is 1.94 bits per heavy atom. The number of ether oxygens (including phenoxy) is 1. The minimum atomic E-state index is -0.562. The molecule has 0 aliphatic rings. The number of benzene rings is 1. The highest BCUT2D eigenvalue weighted by Crippen LogP contribution is 2.27. The Morgan fingerprint density at radius 1 is 1.31 bits per heavy atom. The van der Waals surface area contributed by atoms with Gasteiger partial charge in [-0.3, -0.25) is 9.59 Å². The number of carbonyl (C=O) groups excluding carboxylic acids is 2. The van der Waals surface area contributed by atoms with E-state index in [4.69, 9.17) is 4.74 Å². The second kappa shape index (κ2) is 4.79. The molecule has 1 aromatic carbocycles. The highest BCUT2D eigenvalue weighted by atomic mass is 16.5. The van der Waals surface area contributed by atoms with Crippen LogP contribution in [0.2, 0.25) is 0 Å². The Hall–Kier alpha value is -1.84. The minimum absolute atomic E-state index is 0.305. The summed E-state index contributed by atoms with van der Waals surface area (Å²) >= 11 is 0. The van der Waals surface area contributed by atoms with Crippen molar-refractivity contribution in [2.45, 2.75) is 13.8 Å². The minimum Gasteiger partial charge on any atom is -0.496 e. The van der Waals surface area contributed by atoms with E-state index in [-0.39, 0.29) is 0 Å². The zero-order valence-corrected chi connectivity index (χ0v) is 9.90. The molecule has 0 unspecified atom stereocenters. The number of nitrogens with zero attached hydrogens (tertiary/aromatic N) is 1. The number of carbonyl (C=O) groups is 2. The molecule has 0 N–H and O–H groups in total. The lowest BCUT2D eigenvalue weighted by Crippen LogP contribution is -2.27. The van der Waals surface area contributed by atoms with Gasteiger partial charge in [0.15, 0.2) is 0 Å². The summed E-state index contributed by atoms with van der Waals surface area (Å²) in [5.74, 6) is 0.209. The maximum Gasteiger partial charge on any atom is 0.290 e. The van der Waals surface area contributed by atoms with Gasteiger partial charge in [0.2, 0.25) is 6.29 Å². The van der Waals surface area contributed by atoms with Gasteiger partial charge in [0.25, 0.3) is 5.91 Å². The van der Waals surface area contributed by atoms with Crippen LogP contribution < -0.4 is 9.64 Å². The maximum absolute atomic E-state index is 11.3. The fourth-order valence-corrected chi connectivity index (χ4v) is 1.55. The van der Waals surface area contributed by atoms with Crippen LogP contribution in [0, 0.1) is 13.8 Å². The topological polar surface area (TPSA) is 46.6 Å². The first-order valence-electron chi connectivity index (χ1n) is 4.89. The van der Waals surface area contributed by atoms with Gasteiger partial charge in [-0.1, -0.05) is 0 Å². The summed E-state index contributed by atoms with van der Waals surface area (Å²) in [5.41, 5.74) is 2.53. The number of rotatable bonds is 3. The lowest BCUT2D eigenvalue weighted by molar-refractivity contribution is -0.129. The van der Waals surface area contributed by atoms with Gasteiger partial charge in [-0.25, -0.2) is 0 Å². The molecule has 16 heavy (non-hydrogen) atoms. The first-order chi connectivity index (χ1) is 7.51. The first-order valence-corrected chi connectivity index (χ1v) is 4.89. The molecule has 0 aliphatic heterocycles. The van der Waals surface area contributed by atoms with Gasteiger partial charge >= 0.3 is 0 Å². The Morgan fingerprint density at radius 3 is 2.44 bits per heavy atom. The number of hydrogen-bond acceptors (Lipinski definition) is 3. The van der Waals surface area contributed by atoms with Crippen LogP contribution >= 0.6 is 0 Å². The van der Waals surface area contributed by atoms with Crippen molar-refractivity contribution in [1.29, 1.82) is 0 Å². The lowest BCUT2D eigenvalue weighted by Gasteiger charge is -2.18. The number of hydrogen-bond donors (Lipinski definition) is 0. The smallest absolute Gasteiger partial charge is 0.290 e. The molecular formula is C12H15NO3. The predicted molar refractivity (Wildman–Crippen MR) is 61.9 cm³/mol. The van der Waals surface area contributed by atoms with E-state index in [0.717, 1.165) is 22.6 Å². The van der Waals surface area contributed by atoms with Crippen molar-refractivity contribution >= 4 is 17.9 Å². The molecule has 4 nitrogen and oxygen atoms in total. The number of methoxy groups -OCH3 is 1. The Bertz CT molecular complexity index is 427. The molecule has 0 saturated heterocycles. The van der Waals surface area contributed by atoms with E-state index < -0.39 is 5.91 Å². The van der Waals surface area contributed by atoms with Gasteiger partial charge in [-0.2, -0.15) is 0 Å². The van der Waals surface area contributed by atoms with E-state index in [1.54, 1.807) is 14.2 Å². The van der Waals surface area contributed by atoms with Gasteiger partial charge in [0, 0.05) is 12.7 Å². The Labute approximate surface area is 94.8 Å². The van der Waals surface area contributed by atoms with Crippen molar-refractivity contribution in [3.05, 3.63) is 23.3 Å². The summed E-state index contributed by atoms with van der Waals surface area (Å²) in [4.78, 5) is 23.0. The summed E-state index contributed by atoms with van der Waals surface area (Å²) in [6.07, 6.45) is 0.305. The van der Waals surface area contributed by atoms with Gasteiger partial charge in [0.1, 0.15) is 5.75 Å². The molecule has 0 bridgehead atoms. The number of amides is 1. The Kier molecular flexibility index (Phi) is 3.66. The molecule has 0 atom stereocenters. The average molecular weight is 221 g/mol. The number of anilines is 1. The van der Waals surface area contributed by atoms with Crippen LogP contribution in [0.1, 0.15) is 11.1 Å². The molecule has 1 aromatic rings. The van der Waals surface area contributed by atoms with Crippen molar-refractivity contribution in [2.24, 2.45) is 0 Å². The highest BCUT2D eigenvalue weighted by molar-refractivity contribution is 6.30. The number of likely N-dealkylation sites (N-methyl/N-ethyl adjacent to an activating group) is 1. The fraction of sp³-hybridized carbons (Fsp3) is 0.333. The monoisotopic (exact) mass is 221 g/mol. The van der Waals surface area contributed by atoms with Crippen LogP contribution in [0.25, 0.3) is 0 Å². The molecular weight excluding hydrogens is 206 g/mol. The van der Waals surface area contributed by atoms with Crippen molar-refractivity contribution in [3.8, 4) is 5.75 Å². The molecule has 0 saturated carbocycles. The largest absolute Gasteiger partial charge is 0.496 e. The summed E-state index contributed by atoms with van der Waals surface area (Å²) < 4.78 is 5.17. The second-order valence-corrected chi connectivity index (χ2v) is 3.62. The first kappa shape index (κ1) is 12.2. The van der Waals surface area contributed by atoms with Crippen molar-refractivity contribution in [2.75, 3.05) is 19.1 Å². The maximum atomic E-state index is 11.3. The zero-order valence-electron chi connectivity index (χ0n) is 9.90. The van der Waals surface area contributed by atoms with E-state index in [1.165, 1.54) is 4.90 Å². The fourth-order valence-electron chi connectivity index (χ4n) is 1.55. The SMILES string of the molecule is COc1cc(C)c(N(C)C(=O)C=O)cc1C. The van der Waals surface area contributed by atoms with E-state index in [0.29, 0.717) is 6.29 Å². The van der Waals surface area contributed by atoms with Gasteiger partial charge < -0.3 is 9.64 Å². The third-order valence-electron chi connectivity index (χ3n) is 2.51.